The molecule has 0 saturated carbocycles. The summed E-state index contributed by atoms with van der Waals surface area (Å²) in [5, 5.41) is 17.8. The van der Waals surface area contributed by atoms with Crippen LogP contribution in [0.1, 0.15) is 50.1 Å². The molecule has 5 nitrogen and oxygen atoms in total. The van der Waals surface area contributed by atoms with E-state index in [2.05, 4.69) is 17.1 Å². The smallest absolute Gasteiger partial charge is 0.236 e. The SMILES string of the molecule is CCCC(O)c1ccn(Cc2nnc(CC)o2)c1. The molecule has 2 rings (SSSR count). The van der Waals surface area contributed by atoms with Gasteiger partial charge in [-0.3, -0.25) is 0 Å². The van der Waals surface area contributed by atoms with Crippen LogP contribution in [-0.2, 0) is 13.0 Å². The number of aliphatic hydroxyl groups is 1. The predicted octanol–water partition coefficient (Wildman–Crippen LogP) is 2.32. The van der Waals surface area contributed by atoms with Gasteiger partial charge in [-0.25, -0.2) is 0 Å². The number of aromatic nitrogens is 3. The van der Waals surface area contributed by atoms with Gasteiger partial charge in [0.15, 0.2) is 0 Å². The van der Waals surface area contributed by atoms with Crippen molar-refractivity contribution in [3.8, 4) is 0 Å². The van der Waals surface area contributed by atoms with Gasteiger partial charge in [0, 0.05) is 18.8 Å². The van der Waals surface area contributed by atoms with E-state index in [1.54, 1.807) is 0 Å². The summed E-state index contributed by atoms with van der Waals surface area (Å²) in [4.78, 5) is 0. The highest BCUT2D eigenvalue weighted by molar-refractivity contribution is 5.14. The third-order valence-corrected chi connectivity index (χ3v) is 2.85. The fourth-order valence-electron chi connectivity index (χ4n) is 1.85. The van der Waals surface area contributed by atoms with Crippen LogP contribution >= 0.6 is 0 Å². The minimum atomic E-state index is -0.384. The molecular formula is C13H19N3O2. The average molecular weight is 249 g/mol. The highest BCUT2D eigenvalue weighted by Crippen LogP contribution is 2.18. The third kappa shape index (κ3) is 2.98. The van der Waals surface area contributed by atoms with Crippen LogP contribution in [0, 0.1) is 0 Å². The molecule has 2 aromatic heterocycles. The monoisotopic (exact) mass is 249 g/mol. The number of rotatable bonds is 6. The van der Waals surface area contributed by atoms with E-state index in [4.69, 9.17) is 4.42 Å². The second-order valence-electron chi connectivity index (χ2n) is 4.36. The fourth-order valence-corrected chi connectivity index (χ4v) is 1.85. The Balaban J connectivity index is 2.01. The highest BCUT2D eigenvalue weighted by Gasteiger charge is 2.09. The minimum Gasteiger partial charge on any atom is -0.423 e. The van der Waals surface area contributed by atoms with E-state index in [9.17, 15) is 5.11 Å². The van der Waals surface area contributed by atoms with Crippen molar-refractivity contribution in [1.82, 2.24) is 14.8 Å². The van der Waals surface area contributed by atoms with Gasteiger partial charge in [-0.2, -0.15) is 0 Å². The molecule has 98 valence electrons. The molecular weight excluding hydrogens is 230 g/mol. The van der Waals surface area contributed by atoms with E-state index in [1.807, 2.05) is 30.0 Å². The maximum atomic E-state index is 9.88. The number of hydrogen-bond acceptors (Lipinski definition) is 4. The van der Waals surface area contributed by atoms with Crippen molar-refractivity contribution in [3.05, 3.63) is 35.8 Å². The van der Waals surface area contributed by atoms with Crippen molar-refractivity contribution in [1.29, 1.82) is 0 Å². The number of aliphatic hydroxyl groups excluding tert-OH is 1. The second kappa shape index (κ2) is 5.82. The summed E-state index contributed by atoms with van der Waals surface area (Å²) >= 11 is 0. The lowest BCUT2D eigenvalue weighted by Gasteiger charge is -2.05. The molecule has 18 heavy (non-hydrogen) atoms. The first kappa shape index (κ1) is 12.8. The van der Waals surface area contributed by atoms with Crippen LogP contribution < -0.4 is 0 Å². The van der Waals surface area contributed by atoms with Crippen molar-refractivity contribution >= 4 is 0 Å². The average Bonchev–Trinajstić information content (AvgIpc) is 2.99. The lowest BCUT2D eigenvalue weighted by molar-refractivity contribution is 0.166. The van der Waals surface area contributed by atoms with Crippen LogP contribution in [0.2, 0.25) is 0 Å². The van der Waals surface area contributed by atoms with Crippen LogP contribution in [0.25, 0.3) is 0 Å². The maximum Gasteiger partial charge on any atom is 0.236 e. The Hall–Kier alpha value is -1.62. The quantitative estimate of drug-likeness (QED) is 0.853. The van der Waals surface area contributed by atoms with Gasteiger partial charge in [0.05, 0.1) is 6.10 Å². The molecule has 0 radical (unpaired) electrons. The van der Waals surface area contributed by atoms with E-state index in [1.165, 1.54) is 0 Å². The van der Waals surface area contributed by atoms with E-state index >= 15 is 0 Å². The van der Waals surface area contributed by atoms with Gasteiger partial charge >= 0.3 is 0 Å². The van der Waals surface area contributed by atoms with Crippen molar-refractivity contribution in [2.75, 3.05) is 0 Å². The Kier molecular flexibility index (Phi) is 4.15. The first-order chi connectivity index (χ1) is 8.72. The summed E-state index contributed by atoms with van der Waals surface area (Å²) in [5.74, 6) is 1.25. The summed E-state index contributed by atoms with van der Waals surface area (Å²) in [5.41, 5.74) is 0.937. The number of hydrogen-bond donors (Lipinski definition) is 1. The molecule has 0 aromatic carbocycles. The molecule has 0 fully saturated rings. The molecule has 0 saturated heterocycles. The molecule has 0 aliphatic rings. The second-order valence-corrected chi connectivity index (χ2v) is 4.36. The normalized spacial score (nSPS) is 12.8. The molecule has 5 heteroatoms. The van der Waals surface area contributed by atoms with Crippen LogP contribution in [0.4, 0.5) is 0 Å². The Bertz CT molecular complexity index is 490. The molecule has 1 unspecified atom stereocenters. The predicted molar refractivity (Wildman–Crippen MR) is 67.1 cm³/mol. The van der Waals surface area contributed by atoms with E-state index in [0.717, 1.165) is 24.8 Å². The van der Waals surface area contributed by atoms with Gasteiger partial charge in [0.2, 0.25) is 11.8 Å². The standard InChI is InChI=1S/C13H19N3O2/c1-3-5-11(17)10-6-7-16(8-10)9-13-15-14-12(4-2)18-13/h6-8,11,17H,3-5,9H2,1-2H3. The summed E-state index contributed by atoms with van der Waals surface area (Å²) in [6.07, 6.45) is 5.96. The molecule has 0 aliphatic heterocycles. The molecule has 0 spiro atoms. The molecule has 1 atom stereocenters. The first-order valence-electron chi connectivity index (χ1n) is 6.38. The van der Waals surface area contributed by atoms with Gasteiger partial charge in [-0.05, 0) is 18.1 Å². The molecule has 0 bridgehead atoms. The van der Waals surface area contributed by atoms with Crippen molar-refractivity contribution in [2.45, 2.75) is 45.8 Å². The van der Waals surface area contributed by atoms with Gasteiger partial charge in [0.1, 0.15) is 6.54 Å². The molecule has 1 N–H and O–H groups in total. The topological polar surface area (TPSA) is 64.1 Å². The first-order valence-corrected chi connectivity index (χ1v) is 6.38. The summed E-state index contributed by atoms with van der Waals surface area (Å²) < 4.78 is 7.39. The van der Waals surface area contributed by atoms with Gasteiger partial charge in [0.25, 0.3) is 0 Å². The zero-order chi connectivity index (χ0) is 13.0. The van der Waals surface area contributed by atoms with Gasteiger partial charge in [-0.1, -0.05) is 20.3 Å². The molecule has 0 amide bonds. The third-order valence-electron chi connectivity index (χ3n) is 2.85. The van der Waals surface area contributed by atoms with Crippen molar-refractivity contribution in [3.63, 3.8) is 0 Å². The van der Waals surface area contributed by atoms with E-state index in [-0.39, 0.29) is 6.10 Å². The Labute approximate surface area is 106 Å². The molecule has 2 aromatic rings. The lowest BCUT2D eigenvalue weighted by Crippen LogP contribution is -1.98. The van der Waals surface area contributed by atoms with Crippen LogP contribution in [0.3, 0.4) is 0 Å². The number of nitrogens with zero attached hydrogens (tertiary/aromatic N) is 3. The highest BCUT2D eigenvalue weighted by atomic mass is 16.4. The summed E-state index contributed by atoms with van der Waals surface area (Å²) in [6.45, 7) is 4.59. The van der Waals surface area contributed by atoms with Crippen LogP contribution in [-0.4, -0.2) is 19.9 Å². The fraction of sp³-hybridized carbons (Fsp3) is 0.538. The van der Waals surface area contributed by atoms with Gasteiger partial charge in [-0.15, -0.1) is 10.2 Å². The Morgan fingerprint density at radius 1 is 1.33 bits per heavy atom. The van der Waals surface area contributed by atoms with Crippen molar-refractivity contribution < 1.29 is 9.52 Å². The minimum absolute atomic E-state index is 0.384. The Morgan fingerprint density at radius 2 is 2.11 bits per heavy atom. The molecule has 2 heterocycles. The summed E-state index contributed by atoms with van der Waals surface area (Å²) in [6, 6.07) is 1.93. The summed E-state index contributed by atoms with van der Waals surface area (Å²) in [7, 11) is 0. The zero-order valence-electron chi connectivity index (χ0n) is 10.8. The van der Waals surface area contributed by atoms with Crippen LogP contribution in [0.15, 0.2) is 22.9 Å². The van der Waals surface area contributed by atoms with E-state index in [0.29, 0.717) is 18.3 Å². The lowest BCUT2D eigenvalue weighted by atomic mass is 10.1. The Morgan fingerprint density at radius 3 is 2.78 bits per heavy atom. The largest absolute Gasteiger partial charge is 0.423 e. The number of aryl methyl sites for hydroxylation is 1. The molecule has 0 aliphatic carbocycles. The maximum absolute atomic E-state index is 9.88. The van der Waals surface area contributed by atoms with Crippen molar-refractivity contribution in [2.24, 2.45) is 0 Å². The van der Waals surface area contributed by atoms with Gasteiger partial charge < -0.3 is 14.1 Å². The zero-order valence-corrected chi connectivity index (χ0v) is 10.8. The van der Waals surface area contributed by atoms with E-state index < -0.39 is 0 Å². The van der Waals surface area contributed by atoms with Crippen LogP contribution in [0.5, 0.6) is 0 Å².